The highest BCUT2D eigenvalue weighted by Crippen LogP contribution is 2.17. The third-order valence-electron chi connectivity index (χ3n) is 3.29. The maximum atomic E-state index is 13.6. The molecule has 0 aliphatic heterocycles. The van der Waals surface area contributed by atoms with Crippen molar-refractivity contribution in [1.82, 2.24) is 25.5 Å². The van der Waals surface area contributed by atoms with Crippen LogP contribution < -0.4 is 5.32 Å². The van der Waals surface area contributed by atoms with Gasteiger partial charge >= 0.3 is 0 Å². The second-order valence-electron chi connectivity index (χ2n) is 5.00. The van der Waals surface area contributed by atoms with E-state index in [4.69, 9.17) is 6.42 Å². The van der Waals surface area contributed by atoms with Gasteiger partial charge in [0.05, 0.1) is 11.1 Å². The largest absolute Gasteiger partial charge is 0.338 e. The van der Waals surface area contributed by atoms with Gasteiger partial charge in [-0.05, 0) is 30.7 Å². The standard InChI is InChI=1S/C15H16FN5O/c1-4-15(3,5-2)17-13(22)10-21-19-14(18-20-21)11-8-6-7-9-12(11)16/h1,6-9H,5,10H2,2-3H3,(H,17,22)/t15-/m0/s1. The fourth-order valence-corrected chi connectivity index (χ4v) is 1.76. The summed E-state index contributed by atoms with van der Waals surface area (Å²) in [5.41, 5.74) is -0.484. The van der Waals surface area contributed by atoms with E-state index in [1.54, 1.807) is 25.1 Å². The van der Waals surface area contributed by atoms with Gasteiger partial charge in [0.25, 0.3) is 0 Å². The minimum atomic E-state index is -0.716. The monoisotopic (exact) mass is 301 g/mol. The summed E-state index contributed by atoms with van der Waals surface area (Å²) in [6, 6.07) is 6.10. The Morgan fingerprint density at radius 1 is 1.50 bits per heavy atom. The third-order valence-corrected chi connectivity index (χ3v) is 3.29. The molecular weight excluding hydrogens is 285 g/mol. The van der Waals surface area contributed by atoms with Crippen molar-refractivity contribution in [1.29, 1.82) is 0 Å². The van der Waals surface area contributed by atoms with E-state index < -0.39 is 11.4 Å². The summed E-state index contributed by atoms with van der Waals surface area (Å²) in [5, 5.41) is 14.2. The van der Waals surface area contributed by atoms with Gasteiger partial charge in [0.1, 0.15) is 12.4 Å². The first-order valence-corrected chi connectivity index (χ1v) is 6.79. The van der Waals surface area contributed by atoms with Crippen molar-refractivity contribution in [3.63, 3.8) is 0 Å². The molecule has 22 heavy (non-hydrogen) atoms. The van der Waals surface area contributed by atoms with Crippen molar-refractivity contribution in [3.05, 3.63) is 30.1 Å². The van der Waals surface area contributed by atoms with Crippen LogP contribution in [0.5, 0.6) is 0 Å². The van der Waals surface area contributed by atoms with Gasteiger partial charge < -0.3 is 5.32 Å². The number of nitrogens with one attached hydrogen (secondary N) is 1. The maximum Gasteiger partial charge on any atom is 0.244 e. The van der Waals surface area contributed by atoms with E-state index in [2.05, 4.69) is 26.6 Å². The molecule has 0 fully saturated rings. The van der Waals surface area contributed by atoms with Gasteiger partial charge in [-0.2, -0.15) is 4.80 Å². The molecule has 0 radical (unpaired) electrons. The molecule has 2 rings (SSSR count). The molecule has 7 heteroatoms. The summed E-state index contributed by atoms with van der Waals surface area (Å²) in [5.74, 6) is 1.88. The van der Waals surface area contributed by atoms with E-state index in [1.807, 2.05) is 6.92 Å². The number of carbonyl (C=O) groups is 1. The molecular formula is C15H16FN5O. The van der Waals surface area contributed by atoms with Gasteiger partial charge in [0, 0.05) is 0 Å². The zero-order chi connectivity index (χ0) is 16.2. The second kappa shape index (κ2) is 6.35. The number of benzene rings is 1. The molecule has 0 bridgehead atoms. The minimum Gasteiger partial charge on any atom is -0.338 e. The lowest BCUT2D eigenvalue weighted by molar-refractivity contribution is -0.123. The molecule has 1 amide bonds. The van der Waals surface area contributed by atoms with E-state index in [0.29, 0.717) is 6.42 Å². The van der Waals surface area contributed by atoms with Gasteiger partial charge in [-0.25, -0.2) is 4.39 Å². The van der Waals surface area contributed by atoms with Crippen molar-refractivity contribution in [2.24, 2.45) is 0 Å². The van der Waals surface area contributed by atoms with E-state index in [-0.39, 0.29) is 23.8 Å². The van der Waals surface area contributed by atoms with E-state index in [9.17, 15) is 9.18 Å². The molecule has 114 valence electrons. The van der Waals surface area contributed by atoms with Crippen LogP contribution in [-0.2, 0) is 11.3 Å². The van der Waals surface area contributed by atoms with Gasteiger partial charge in [-0.1, -0.05) is 25.0 Å². The summed E-state index contributed by atoms with van der Waals surface area (Å²) >= 11 is 0. The Bertz CT molecular complexity index is 721. The maximum absolute atomic E-state index is 13.6. The van der Waals surface area contributed by atoms with Crippen molar-refractivity contribution >= 4 is 5.91 Å². The molecule has 1 heterocycles. The molecule has 0 saturated heterocycles. The number of rotatable bonds is 5. The lowest BCUT2D eigenvalue weighted by Gasteiger charge is -2.22. The molecule has 0 aliphatic carbocycles. The molecule has 0 aliphatic rings. The molecule has 6 nitrogen and oxygen atoms in total. The lowest BCUT2D eigenvalue weighted by Crippen LogP contribution is -2.45. The topological polar surface area (TPSA) is 72.7 Å². The van der Waals surface area contributed by atoms with Gasteiger partial charge in [-0.15, -0.1) is 16.6 Å². The molecule has 0 spiro atoms. The van der Waals surface area contributed by atoms with Crippen LogP contribution in [0.3, 0.4) is 0 Å². The summed E-state index contributed by atoms with van der Waals surface area (Å²) in [6.45, 7) is 3.49. The average molecular weight is 301 g/mol. The molecule has 0 unspecified atom stereocenters. The van der Waals surface area contributed by atoms with Crippen LogP contribution >= 0.6 is 0 Å². The van der Waals surface area contributed by atoms with Crippen LogP contribution in [-0.4, -0.2) is 31.7 Å². The number of amides is 1. The smallest absolute Gasteiger partial charge is 0.244 e. The molecule has 1 aromatic heterocycles. The molecule has 1 N–H and O–H groups in total. The number of tetrazole rings is 1. The van der Waals surface area contributed by atoms with Crippen molar-refractivity contribution in [2.75, 3.05) is 0 Å². The SMILES string of the molecule is C#C[C@@](C)(CC)NC(=O)Cn1nnc(-c2ccccc2F)n1. The van der Waals surface area contributed by atoms with E-state index in [0.717, 1.165) is 4.80 Å². The predicted octanol–water partition coefficient (Wildman–Crippen LogP) is 1.40. The summed E-state index contributed by atoms with van der Waals surface area (Å²) in [7, 11) is 0. The van der Waals surface area contributed by atoms with Crippen LogP contribution in [0.25, 0.3) is 11.4 Å². The third kappa shape index (κ3) is 3.47. The predicted molar refractivity (Wildman–Crippen MR) is 78.9 cm³/mol. The number of hydrogen-bond donors (Lipinski definition) is 1. The highest BCUT2D eigenvalue weighted by Gasteiger charge is 2.22. The normalized spacial score (nSPS) is 13.2. The summed E-state index contributed by atoms with van der Waals surface area (Å²) < 4.78 is 13.6. The van der Waals surface area contributed by atoms with E-state index in [1.165, 1.54) is 6.07 Å². The number of hydrogen-bond acceptors (Lipinski definition) is 4. The highest BCUT2D eigenvalue weighted by molar-refractivity contribution is 5.77. The van der Waals surface area contributed by atoms with Gasteiger partial charge in [0.15, 0.2) is 0 Å². The van der Waals surface area contributed by atoms with E-state index >= 15 is 0 Å². The number of aromatic nitrogens is 4. The van der Waals surface area contributed by atoms with Crippen LogP contribution in [0.15, 0.2) is 24.3 Å². The Labute approximate surface area is 127 Å². The Morgan fingerprint density at radius 3 is 2.86 bits per heavy atom. The molecule has 2 aromatic rings. The van der Waals surface area contributed by atoms with Crippen LogP contribution in [0.2, 0.25) is 0 Å². The van der Waals surface area contributed by atoms with Crippen LogP contribution in [0.1, 0.15) is 20.3 Å². The lowest BCUT2D eigenvalue weighted by atomic mass is 10.0. The van der Waals surface area contributed by atoms with Crippen molar-refractivity contribution < 1.29 is 9.18 Å². The van der Waals surface area contributed by atoms with Gasteiger partial charge in [-0.3, -0.25) is 4.79 Å². The fraction of sp³-hybridized carbons (Fsp3) is 0.333. The molecule has 1 atom stereocenters. The average Bonchev–Trinajstić information content (AvgIpc) is 2.95. The zero-order valence-corrected chi connectivity index (χ0v) is 12.4. The first kappa shape index (κ1) is 15.6. The second-order valence-corrected chi connectivity index (χ2v) is 5.00. The molecule has 0 saturated carbocycles. The Morgan fingerprint density at radius 2 is 2.23 bits per heavy atom. The fourth-order valence-electron chi connectivity index (χ4n) is 1.76. The number of nitrogens with zero attached hydrogens (tertiary/aromatic N) is 4. The first-order chi connectivity index (χ1) is 10.5. The van der Waals surface area contributed by atoms with Crippen molar-refractivity contribution in [2.45, 2.75) is 32.4 Å². The van der Waals surface area contributed by atoms with Crippen molar-refractivity contribution in [3.8, 4) is 23.7 Å². The van der Waals surface area contributed by atoms with Crippen LogP contribution in [0, 0.1) is 18.2 Å². The minimum absolute atomic E-state index is 0.126. The van der Waals surface area contributed by atoms with Gasteiger partial charge in [0.2, 0.25) is 11.7 Å². The Balaban J connectivity index is 2.09. The highest BCUT2D eigenvalue weighted by atomic mass is 19.1. The first-order valence-electron chi connectivity index (χ1n) is 6.79. The zero-order valence-electron chi connectivity index (χ0n) is 12.4. The Kier molecular flexibility index (Phi) is 4.51. The number of halogens is 1. The molecule has 1 aromatic carbocycles. The van der Waals surface area contributed by atoms with Crippen LogP contribution in [0.4, 0.5) is 4.39 Å². The summed E-state index contributed by atoms with van der Waals surface area (Å²) in [6.07, 6.45) is 6.00. The number of carbonyl (C=O) groups excluding carboxylic acids is 1. The summed E-state index contributed by atoms with van der Waals surface area (Å²) in [4.78, 5) is 13.1. The quantitative estimate of drug-likeness (QED) is 0.847. The number of terminal acetylenes is 1. The Hall–Kier alpha value is -2.75.